The lowest BCUT2D eigenvalue weighted by Gasteiger charge is -2.04. The molecule has 4 heteroatoms. The Morgan fingerprint density at radius 3 is 2.62 bits per heavy atom. The van der Waals surface area contributed by atoms with E-state index in [1.807, 2.05) is 30.3 Å². The van der Waals surface area contributed by atoms with Gasteiger partial charge in [0, 0.05) is 12.6 Å². The van der Waals surface area contributed by atoms with Gasteiger partial charge < -0.3 is 9.30 Å². The minimum absolute atomic E-state index is 0.378. The molecular formula is C12H12N2O2. The Balaban J connectivity index is 2.45. The highest BCUT2D eigenvalue weighted by atomic mass is 16.5. The molecule has 4 nitrogen and oxygen atoms in total. The SMILES string of the molecule is COC(=O)c1cnc(-c2ccccc2)n1C. The molecule has 1 aromatic carbocycles. The Morgan fingerprint density at radius 1 is 1.31 bits per heavy atom. The highest BCUT2D eigenvalue weighted by Gasteiger charge is 2.14. The highest BCUT2D eigenvalue weighted by Crippen LogP contribution is 2.18. The van der Waals surface area contributed by atoms with Crippen molar-refractivity contribution in [2.75, 3.05) is 7.11 Å². The molecule has 2 rings (SSSR count). The number of hydrogen-bond acceptors (Lipinski definition) is 3. The van der Waals surface area contributed by atoms with E-state index < -0.39 is 0 Å². The number of ether oxygens (including phenoxy) is 1. The Bertz CT molecular complexity index is 503. The van der Waals surface area contributed by atoms with E-state index in [2.05, 4.69) is 9.72 Å². The van der Waals surface area contributed by atoms with Crippen molar-refractivity contribution in [1.82, 2.24) is 9.55 Å². The van der Waals surface area contributed by atoms with Gasteiger partial charge in [-0.05, 0) is 0 Å². The summed E-state index contributed by atoms with van der Waals surface area (Å²) >= 11 is 0. The van der Waals surface area contributed by atoms with E-state index >= 15 is 0 Å². The minimum atomic E-state index is -0.378. The van der Waals surface area contributed by atoms with Crippen LogP contribution >= 0.6 is 0 Å². The number of imidazole rings is 1. The van der Waals surface area contributed by atoms with Crippen LogP contribution in [0.15, 0.2) is 36.5 Å². The molecule has 1 aromatic heterocycles. The van der Waals surface area contributed by atoms with Gasteiger partial charge in [-0.2, -0.15) is 0 Å². The zero-order valence-corrected chi connectivity index (χ0v) is 9.18. The molecule has 1 heterocycles. The van der Waals surface area contributed by atoms with Gasteiger partial charge in [-0.25, -0.2) is 9.78 Å². The molecule has 0 spiro atoms. The fraction of sp³-hybridized carbons (Fsp3) is 0.167. The van der Waals surface area contributed by atoms with Crippen molar-refractivity contribution < 1.29 is 9.53 Å². The van der Waals surface area contributed by atoms with Crippen molar-refractivity contribution >= 4 is 5.97 Å². The second-order valence-electron chi connectivity index (χ2n) is 3.38. The lowest BCUT2D eigenvalue weighted by Crippen LogP contribution is -2.07. The van der Waals surface area contributed by atoms with E-state index in [9.17, 15) is 4.79 Å². The second kappa shape index (κ2) is 4.18. The predicted molar refractivity (Wildman–Crippen MR) is 60.0 cm³/mol. The summed E-state index contributed by atoms with van der Waals surface area (Å²) in [6.07, 6.45) is 1.52. The summed E-state index contributed by atoms with van der Waals surface area (Å²) in [6, 6.07) is 9.70. The summed E-state index contributed by atoms with van der Waals surface area (Å²) < 4.78 is 6.39. The molecule has 0 fully saturated rings. The number of nitrogens with zero attached hydrogens (tertiary/aromatic N) is 2. The molecule has 0 saturated carbocycles. The largest absolute Gasteiger partial charge is 0.464 e. The first-order valence-corrected chi connectivity index (χ1v) is 4.89. The van der Waals surface area contributed by atoms with Gasteiger partial charge >= 0.3 is 5.97 Å². The first-order valence-electron chi connectivity index (χ1n) is 4.89. The summed E-state index contributed by atoms with van der Waals surface area (Å²) in [6.45, 7) is 0. The van der Waals surface area contributed by atoms with Crippen molar-refractivity contribution in [1.29, 1.82) is 0 Å². The average molecular weight is 216 g/mol. The van der Waals surface area contributed by atoms with E-state index in [1.165, 1.54) is 13.3 Å². The minimum Gasteiger partial charge on any atom is -0.464 e. The smallest absolute Gasteiger partial charge is 0.356 e. The van der Waals surface area contributed by atoms with Crippen molar-refractivity contribution in [3.8, 4) is 11.4 Å². The summed E-state index contributed by atoms with van der Waals surface area (Å²) in [5.74, 6) is 0.373. The van der Waals surface area contributed by atoms with Crippen LogP contribution in [-0.2, 0) is 11.8 Å². The molecule has 0 saturated heterocycles. The van der Waals surface area contributed by atoms with Gasteiger partial charge in [-0.3, -0.25) is 0 Å². The standard InChI is InChI=1S/C12H12N2O2/c1-14-10(12(15)16-2)8-13-11(14)9-6-4-3-5-7-9/h3-8H,1-2H3. The zero-order valence-electron chi connectivity index (χ0n) is 9.18. The fourth-order valence-corrected chi connectivity index (χ4v) is 1.56. The third-order valence-corrected chi connectivity index (χ3v) is 2.41. The van der Waals surface area contributed by atoms with Crippen molar-refractivity contribution in [3.05, 3.63) is 42.2 Å². The van der Waals surface area contributed by atoms with Crippen LogP contribution in [0.4, 0.5) is 0 Å². The number of hydrogen-bond donors (Lipinski definition) is 0. The number of esters is 1. The molecule has 0 radical (unpaired) electrons. The number of methoxy groups -OCH3 is 1. The molecule has 0 unspecified atom stereocenters. The highest BCUT2D eigenvalue weighted by molar-refractivity contribution is 5.88. The fourth-order valence-electron chi connectivity index (χ4n) is 1.56. The van der Waals surface area contributed by atoms with Gasteiger partial charge in [0.05, 0.1) is 13.3 Å². The topological polar surface area (TPSA) is 44.1 Å². The Hall–Kier alpha value is -2.10. The third kappa shape index (κ3) is 1.69. The van der Waals surface area contributed by atoms with E-state index in [0.717, 1.165) is 11.4 Å². The van der Waals surface area contributed by atoms with Gasteiger partial charge in [-0.15, -0.1) is 0 Å². The molecule has 0 aliphatic heterocycles. The molecule has 0 atom stereocenters. The quantitative estimate of drug-likeness (QED) is 0.720. The first-order chi connectivity index (χ1) is 7.74. The Labute approximate surface area is 93.5 Å². The average Bonchev–Trinajstić information content (AvgIpc) is 2.71. The molecule has 82 valence electrons. The van der Waals surface area contributed by atoms with Gasteiger partial charge in [0.2, 0.25) is 0 Å². The van der Waals surface area contributed by atoms with Crippen molar-refractivity contribution in [3.63, 3.8) is 0 Å². The van der Waals surface area contributed by atoms with Crippen LogP contribution in [0.1, 0.15) is 10.5 Å². The Kier molecular flexibility index (Phi) is 2.72. The van der Waals surface area contributed by atoms with Crippen LogP contribution < -0.4 is 0 Å². The normalized spacial score (nSPS) is 10.1. The lowest BCUT2D eigenvalue weighted by atomic mass is 10.2. The third-order valence-electron chi connectivity index (χ3n) is 2.41. The van der Waals surface area contributed by atoms with Gasteiger partial charge in [-0.1, -0.05) is 30.3 Å². The zero-order chi connectivity index (χ0) is 11.5. The van der Waals surface area contributed by atoms with Crippen LogP contribution in [0.25, 0.3) is 11.4 Å². The number of aromatic nitrogens is 2. The molecule has 16 heavy (non-hydrogen) atoms. The van der Waals surface area contributed by atoms with Crippen LogP contribution in [0.5, 0.6) is 0 Å². The lowest BCUT2D eigenvalue weighted by molar-refractivity contribution is 0.0590. The molecule has 0 N–H and O–H groups in total. The summed E-state index contributed by atoms with van der Waals surface area (Å²) in [7, 11) is 3.15. The summed E-state index contributed by atoms with van der Waals surface area (Å²) in [4.78, 5) is 15.6. The van der Waals surface area contributed by atoms with Crippen molar-refractivity contribution in [2.45, 2.75) is 0 Å². The Morgan fingerprint density at radius 2 is 2.00 bits per heavy atom. The monoisotopic (exact) mass is 216 g/mol. The molecule has 0 amide bonds. The first kappa shape index (κ1) is 10.4. The second-order valence-corrected chi connectivity index (χ2v) is 3.38. The van der Waals surface area contributed by atoms with Gasteiger partial charge in [0.1, 0.15) is 11.5 Å². The van der Waals surface area contributed by atoms with Crippen LogP contribution in [0.2, 0.25) is 0 Å². The van der Waals surface area contributed by atoms with Gasteiger partial charge in [0.15, 0.2) is 0 Å². The molecule has 2 aromatic rings. The number of carbonyl (C=O) groups excluding carboxylic acids is 1. The van der Waals surface area contributed by atoms with E-state index in [4.69, 9.17) is 0 Å². The summed E-state index contributed by atoms with van der Waals surface area (Å²) in [5.41, 5.74) is 1.42. The predicted octanol–water partition coefficient (Wildman–Crippen LogP) is 1.87. The number of carbonyl (C=O) groups is 1. The maximum Gasteiger partial charge on any atom is 0.356 e. The number of rotatable bonds is 2. The molecule has 0 aliphatic rings. The van der Waals surface area contributed by atoms with Crippen LogP contribution in [0, 0.1) is 0 Å². The van der Waals surface area contributed by atoms with E-state index in [1.54, 1.807) is 11.6 Å². The molecule has 0 bridgehead atoms. The van der Waals surface area contributed by atoms with Crippen LogP contribution in [0.3, 0.4) is 0 Å². The summed E-state index contributed by atoms with van der Waals surface area (Å²) in [5, 5.41) is 0. The molecule has 0 aliphatic carbocycles. The van der Waals surface area contributed by atoms with Crippen LogP contribution in [-0.4, -0.2) is 22.6 Å². The maximum atomic E-state index is 11.4. The van der Waals surface area contributed by atoms with E-state index in [0.29, 0.717) is 5.69 Å². The van der Waals surface area contributed by atoms with Gasteiger partial charge in [0.25, 0.3) is 0 Å². The maximum absolute atomic E-state index is 11.4. The van der Waals surface area contributed by atoms with E-state index in [-0.39, 0.29) is 5.97 Å². The number of benzene rings is 1. The molecular weight excluding hydrogens is 204 g/mol. The van der Waals surface area contributed by atoms with Crippen molar-refractivity contribution in [2.24, 2.45) is 7.05 Å².